The fraction of sp³-hybridized carbons (Fsp3) is 0.625. The average Bonchev–Trinajstić information content (AvgIpc) is 2.44. The van der Waals surface area contributed by atoms with Gasteiger partial charge in [-0.3, -0.25) is 0 Å². The van der Waals surface area contributed by atoms with E-state index >= 15 is 0 Å². The lowest BCUT2D eigenvalue weighted by Gasteiger charge is -2.29. The summed E-state index contributed by atoms with van der Waals surface area (Å²) in [5.74, 6) is 0.637. The SMILES string of the molecule is CCCCCC[Si](C)(CC(C)c1ccccc1)O[SiH3]. The maximum atomic E-state index is 6.09. The summed E-state index contributed by atoms with van der Waals surface area (Å²) in [4.78, 5) is 0. The predicted octanol–water partition coefficient (Wildman–Crippen LogP) is 4.24. The monoisotopic (exact) mass is 294 g/mol. The molecule has 2 unspecified atom stereocenters. The Hall–Kier alpha value is -0.386. The molecule has 0 aliphatic rings. The van der Waals surface area contributed by atoms with Crippen molar-refractivity contribution in [3.63, 3.8) is 0 Å². The third kappa shape index (κ3) is 6.06. The third-order valence-corrected chi connectivity index (χ3v) is 11.0. The van der Waals surface area contributed by atoms with Crippen LogP contribution in [0.3, 0.4) is 0 Å². The summed E-state index contributed by atoms with van der Waals surface area (Å²) in [5, 5.41) is 0. The van der Waals surface area contributed by atoms with E-state index in [1.165, 1.54) is 43.3 Å². The van der Waals surface area contributed by atoms with E-state index in [1.807, 2.05) is 0 Å². The minimum absolute atomic E-state index is 0.637. The summed E-state index contributed by atoms with van der Waals surface area (Å²) in [7, 11) is -0.562. The molecule has 1 rings (SSSR count). The molecule has 0 saturated heterocycles. The van der Waals surface area contributed by atoms with Crippen molar-refractivity contribution in [3.05, 3.63) is 35.9 Å². The van der Waals surface area contributed by atoms with Gasteiger partial charge < -0.3 is 4.12 Å². The van der Waals surface area contributed by atoms with E-state index in [0.717, 1.165) is 10.5 Å². The minimum Gasteiger partial charge on any atom is -0.463 e. The molecule has 3 heteroatoms. The Morgan fingerprint density at radius 3 is 2.42 bits per heavy atom. The molecule has 1 aromatic rings. The van der Waals surface area contributed by atoms with Crippen molar-refractivity contribution in [2.24, 2.45) is 0 Å². The van der Waals surface area contributed by atoms with Crippen LogP contribution in [0, 0.1) is 0 Å². The second kappa shape index (κ2) is 8.72. The molecule has 0 spiro atoms. The molecule has 1 aromatic carbocycles. The number of hydrogen-bond acceptors (Lipinski definition) is 1. The van der Waals surface area contributed by atoms with Gasteiger partial charge in [0.1, 0.15) is 10.5 Å². The Labute approximate surface area is 123 Å². The van der Waals surface area contributed by atoms with Crippen molar-refractivity contribution >= 4 is 18.8 Å². The summed E-state index contributed by atoms with van der Waals surface area (Å²) in [6.07, 6.45) is 5.43. The van der Waals surface area contributed by atoms with Crippen LogP contribution < -0.4 is 0 Å². The van der Waals surface area contributed by atoms with Gasteiger partial charge in [0, 0.05) is 0 Å². The van der Waals surface area contributed by atoms with Crippen LogP contribution in [-0.4, -0.2) is 18.8 Å². The Bertz CT molecular complexity index is 342. The van der Waals surface area contributed by atoms with Gasteiger partial charge in [-0.1, -0.05) is 69.9 Å². The Morgan fingerprint density at radius 1 is 1.16 bits per heavy atom. The van der Waals surface area contributed by atoms with Crippen molar-refractivity contribution in [2.75, 3.05) is 0 Å². The first kappa shape index (κ1) is 16.7. The van der Waals surface area contributed by atoms with Crippen LogP contribution in [0.5, 0.6) is 0 Å². The van der Waals surface area contributed by atoms with Gasteiger partial charge in [0.2, 0.25) is 0 Å². The molecule has 19 heavy (non-hydrogen) atoms. The third-order valence-electron chi connectivity index (χ3n) is 4.16. The highest BCUT2D eigenvalue weighted by molar-refractivity contribution is 6.75. The zero-order valence-corrected chi connectivity index (χ0v) is 16.1. The maximum Gasteiger partial charge on any atom is 0.176 e. The molecule has 1 nitrogen and oxygen atoms in total. The van der Waals surface area contributed by atoms with Gasteiger partial charge in [0.05, 0.1) is 0 Å². The van der Waals surface area contributed by atoms with Crippen molar-refractivity contribution < 1.29 is 4.12 Å². The van der Waals surface area contributed by atoms with E-state index in [9.17, 15) is 0 Å². The van der Waals surface area contributed by atoms with Crippen LogP contribution >= 0.6 is 0 Å². The highest BCUT2D eigenvalue weighted by Crippen LogP contribution is 2.30. The summed E-state index contributed by atoms with van der Waals surface area (Å²) >= 11 is 0. The lowest BCUT2D eigenvalue weighted by atomic mass is 10.0. The van der Waals surface area contributed by atoms with Gasteiger partial charge in [0.25, 0.3) is 0 Å². The standard InChI is InChI=1S/C16H30OSi2/c1-4-5-6-10-13-19(3,17-18)14-15(2)16-11-8-7-9-12-16/h7-9,11-12,15H,4-6,10,13-14H2,1-3,18H3. The first-order chi connectivity index (χ1) is 9.11. The second-order valence-corrected chi connectivity index (χ2v) is 11.4. The van der Waals surface area contributed by atoms with Crippen molar-refractivity contribution in [2.45, 2.75) is 64.1 Å². The van der Waals surface area contributed by atoms with Gasteiger partial charge in [-0.2, -0.15) is 0 Å². The number of unbranched alkanes of at least 4 members (excludes halogenated alkanes) is 3. The molecule has 0 N–H and O–H groups in total. The molecule has 0 aliphatic heterocycles. The first-order valence-corrected chi connectivity index (χ1v) is 11.4. The molecule has 0 heterocycles. The average molecular weight is 295 g/mol. The van der Waals surface area contributed by atoms with E-state index in [2.05, 4.69) is 50.7 Å². The number of hydrogen-bond donors (Lipinski definition) is 0. The van der Waals surface area contributed by atoms with Crippen molar-refractivity contribution in [1.29, 1.82) is 0 Å². The van der Waals surface area contributed by atoms with Gasteiger partial charge >= 0.3 is 0 Å². The quantitative estimate of drug-likeness (QED) is 0.489. The first-order valence-electron chi connectivity index (χ1n) is 7.71. The van der Waals surface area contributed by atoms with Gasteiger partial charge in [-0.25, -0.2) is 0 Å². The van der Waals surface area contributed by atoms with E-state index in [0.29, 0.717) is 5.92 Å². The molecule has 0 fully saturated rings. The Morgan fingerprint density at radius 2 is 1.84 bits per heavy atom. The van der Waals surface area contributed by atoms with Crippen LogP contribution in [0.2, 0.25) is 18.6 Å². The molecule has 0 radical (unpaired) electrons. The molecule has 0 aliphatic carbocycles. The van der Waals surface area contributed by atoms with Crippen molar-refractivity contribution in [1.82, 2.24) is 0 Å². The van der Waals surface area contributed by atoms with Crippen LogP contribution in [0.25, 0.3) is 0 Å². The molecular formula is C16H30OSi2. The van der Waals surface area contributed by atoms with Gasteiger partial charge in [-0.05, 0) is 30.1 Å². The normalized spacial score (nSPS) is 16.2. The predicted molar refractivity (Wildman–Crippen MR) is 91.3 cm³/mol. The zero-order valence-electron chi connectivity index (χ0n) is 13.1. The smallest absolute Gasteiger partial charge is 0.176 e. The summed E-state index contributed by atoms with van der Waals surface area (Å²) in [6, 6.07) is 13.5. The molecule has 0 aromatic heterocycles. The van der Waals surface area contributed by atoms with E-state index < -0.39 is 8.32 Å². The molecule has 0 amide bonds. The molecular weight excluding hydrogens is 264 g/mol. The molecule has 0 saturated carbocycles. The highest BCUT2D eigenvalue weighted by atomic mass is 28.4. The summed E-state index contributed by atoms with van der Waals surface area (Å²) < 4.78 is 6.09. The zero-order chi connectivity index (χ0) is 14.1. The summed E-state index contributed by atoms with van der Waals surface area (Å²) in [6.45, 7) is 7.07. The lowest BCUT2D eigenvalue weighted by molar-refractivity contribution is 0.565. The van der Waals surface area contributed by atoms with Gasteiger partial charge in [-0.15, -0.1) is 0 Å². The fourth-order valence-electron chi connectivity index (χ4n) is 2.76. The van der Waals surface area contributed by atoms with Crippen molar-refractivity contribution in [3.8, 4) is 0 Å². The minimum atomic E-state index is -1.46. The second-order valence-electron chi connectivity index (χ2n) is 5.98. The van der Waals surface area contributed by atoms with Crippen LogP contribution in [0.1, 0.15) is 51.0 Å². The molecule has 2 atom stereocenters. The van der Waals surface area contributed by atoms with E-state index in [4.69, 9.17) is 4.12 Å². The van der Waals surface area contributed by atoms with Crippen LogP contribution in [-0.2, 0) is 4.12 Å². The Balaban J connectivity index is 2.50. The largest absolute Gasteiger partial charge is 0.463 e. The van der Waals surface area contributed by atoms with E-state index in [1.54, 1.807) is 0 Å². The van der Waals surface area contributed by atoms with Crippen LogP contribution in [0.15, 0.2) is 30.3 Å². The lowest BCUT2D eigenvalue weighted by Crippen LogP contribution is -2.35. The molecule has 0 bridgehead atoms. The fourth-order valence-corrected chi connectivity index (χ4v) is 6.98. The Kier molecular flexibility index (Phi) is 7.65. The van der Waals surface area contributed by atoms with Gasteiger partial charge in [0.15, 0.2) is 8.32 Å². The molecule has 108 valence electrons. The topological polar surface area (TPSA) is 9.23 Å². The maximum absolute atomic E-state index is 6.09. The highest BCUT2D eigenvalue weighted by Gasteiger charge is 2.29. The number of rotatable bonds is 9. The number of benzene rings is 1. The van der Waals surface area contributed by atoms with Crippen LogP contribution in [0.4, 0.5) is 0 Å². The summed E-state index contributed by atoms with van der Waals surface area (Å²) in [5.41, 5.74) is 1.47. The van der Waals surface area contributed by atoms with E-state index in [-0.39, 0.29) is 0 Å².